The van der Waals surface area contributed by atoms with Crippen LogP contribution >= 0.6 is 0 Å². The monoisotopic (exact) mass is 367 g/mol. The second-order valence-electron chi connectivity index (χ2n) is 6.40. The van der Waals surface area contributed by atoms with Gasteiger partial charge in [-0.3, -0.25) is 10.1 Å². The van der Waals surface area contributed by atoms with Gasteiger partial charge in [0.1, 0.15) is 23.7 Å². The van der Waals surface area contributed by atoms with E-state index < -0.39 is 4.92 Å². The van der Waals surface area contributed by atoms with Crippen LogP contribution in [-0.4, -0.2) is 12.0 Å². The smallest absolute Gasteiger partial charge is 0.339 e. The number of nitrogens with zero attached hydrogens (tertiary/aromatic N) is 1. The Bertz CT molecular complexity index is 1100. The van der Waals surface area contributed by atoms with Crippen LogP contribution in [0.25, 0.3) is 11.0 Å². The van der Waals surface area contributed by atoms with Crippen molar-refractivity contribution in [2.75, 3.05) is 7.11 Å². The van der Waals surface area contributed by atoms with E-state index in [1.54, 1.807) is 12.1 Å². The summed E-state index contributed by atoms with van der Waals surface area (Å²) in [5.74, 6) is 1.02. The SMILES string of the molecule is COc1ccc([N+](=O)[O-])cc1COc1ccc2c3c(c(=O)oc2c1)CCC3. The van der Waals surface area contributed by atoms with Gasteiger partial charge in [-0.05, 0) is 43.0 Å². The Balaban J connectivity index is 1.63. The third kappa shape index (κ3) is 3.12. The number of non-ortho nitro benzene ring substituents is 1. The molecular formula is C20H17NO6. The lowest BCUT2D eigenvalue weighted by Gasteiger charge is -2.11. The van der Waals surface area contributed by atoms with E-state index >= 15 is 0 Å². The Hall–Kier alpha value is -3.35. The summed E-state index contributed by atoms with van der Waals surface area (Å²) < 4.78 is 16.5. The van der Waals surface area contributed by atoms with Crippen LogP contribution in [0.3, 0.4) is 0 Å². The normalized spacial score (nSPS) is 12.8. The molecule has 0 unspecified atom stereocenters. The molecule has 0 aliphatic heterocycles. The Morgan fingerprint density at radius 3 is 2.74 bits per heavy atom. The number of benzene rings is 2. The number of rotatable bonds is 5. The van der Waals surface area contributed by atoms with Gasteiger partial charge in [0.25, 0.3) is 5.69 Å². The number of aryl methyl sites for hydroxylation is 1. The van der Waals surface area contributed by atoms with Crippen LogP contribution in [0.1, 0.15) is 23.1 Å². The van der Waals surface area contributed by atoms with Crippen molar-refractivity contribution in [1.29, 1.82) is 0 Å². The maximum Gasteiger partial charge on any atom is 0.339 e. The molecule has 3 aromatic rings. The van der Waals surface area contributed by atoms with Crippen molar-refractivity contribution in [3.8, 4) is 11.5 Å². The van der Waals surface area contributed by atoms with E-state index in [1.165, 1.54) is 19.2 Å². The summed E-state index contributed by atoms with van der Waals surface area (Å²) in [7, 11) is 1.50. The Morgan fingerprint density at radius 1 is 1.15 bits per heavy atom. The molecule has 7 heteroatoms. The zero-order valence-electron chi connectivity index (χ0n) is 14.7. The van der Waals surface area contributed by atoms with Crippen LogP contribution in [-0.2, 0) is 19.4 Å². The van der Waals surface area contributed by atoms with Crippen LogP contribution in [0, 0.1) is 10.1 Å². The molecule has 1 aliphatic rings. The fraction of sp³-hybridized carbons (Fsp3) is 0.250. The van der Waals surface area contributed by atoms with Gasteiger partial charge in [0.2, 0.25) is 0 Å². The lowest BCUT2D eigenvalue weighted by Crippen LogP contribution is -2.07. The molecule has 0 bridgehead atoms. The van der Waals surface area contributed by atoms with Crippen LogP contribution in [0.2, 0.25) is 0 Å². The van der Waals surface area contributed by atoms with Gasteiger partial charge < -0.3 is 13.9 Å². The number of methoxy groups -OCH3 is 1. The van der Waals surface area contributed by atoms with Crippen molar-refractivity contribution in [1.82, 2.24) is 0 Å². The van der Waals surface area contributed by atoms with Crippen molar-refractivity contribution < 1.29 is 18.8 Å². The van der Waals surface area contributed by atoms with Crippen molar-refractivity contribution in [3.05, 3.63) is 73.6 Å². The van der Waals surface area contributed by atoms with Gasteiger partial charge >= 0.3 is 5.63 Å². The first-order valence-corrected chi connectivity index (χ1v) is 8.59. The van der Waals surface area contributed by atoms with E-state index in [9.17, 15) is 14.9 Å². The van der Waals surface area contributed by atoms with Crippen molar-refractivity contribution in [2.24, 2.45) is 0 Å². The summed E-state index contributed by atoms with van der Waals surface area (Å²) in [6.45, 7) is 0.0888. The fourth-order valence-electron chi connectivity index (χ4n) is 3.51. The predicted molar refractivity (Wildman–Crippen MR) is 98.5 cm³/mol. The van der Waals surface area contributed by atoms with E-state index in [-0.39, 0.29) is 17.9 Å². The number of hydrogen-bond donors (Lipinski definition) is 0. The number of nitro benzene ring substituents is 1. The lowest BCUT2D eigenvalue weighted by atomic mass is 10.1. The Labute approximate surface area is 154 Å². The first-order valence-electron chi connectivity index (χ1n) is 8.59. The van der Waals surface area contributed by atoms with Gasteiger partial charge in [-0.2, -0.15) is 0 Å². The van der Waals surface area contributed by atoms with Crippen molar-refractivity contribution >= 4 is 16.7 Å². The molecule has 1 heterocycles. The third-order valence-electron chi connectivity index (χ3n) is 4.81. The molecule has 4 rings (SSSR count). The largest absolute Gasteiger partial charge is 0.496 e. The molecule has 0 fully saturated rings. The predicted octanol–water partition coefficient (Wildman–Crippen LogP) is 3.78. The van der Waals surface area contributed by atoms with Gasteiger partial charge in [0.05, 0.1) is 12.0 Å². The number of ether oxygens (including phenoxy) is 2. The molecule has 1 aliphatic carbocycles. The summed E-state index contributed by atoms with van der Waals surface area (Å²) in [5.41, 5.74) is 2.57. The third-order valence-corrected chi connectivity index (χ3v) is 4.81. The Kier molecular flexibility index (Phi) is 4.27. The highest BCUT2D eigenvalue weighted by atomic mass is 16.6. The highest BCUT2D eigenvalue weighted by Gasteiger charge is 2.20. The van der Waals surface area contributed by atoms with Crippen LogP contribution in [0.15, 0.2) is 45.6 Å². The molecule has 0 saturated heterocycles. The molecule has 0 spiro atoms. The summed E-state index contributed by atoms with van der Waals surface area (Å²) in [4.78, 5) is 22.6. The minimum atomic E-state index is -0.464. The van der Waals surface area contributed by atoms with E-state index in [4.69, 9.17) is 13.9 Å². The fourth-order valence-corrected chi connectivity index (χ4v) is 3.51. The van der Waals surface area contributed by atoms with Crippen LogP contribution in [0.4, 0.5) is 5.69 Å². The minimum absolute atomic E-state index is 0.0329. The zero-order valence-corrected chi connectivity index (χ0v) is 14.7. The number of nitro groups is 1. The molecule has 0 atom stereocenters. The molecule has 1 aromatic heterocycles. The maximum absolute atomic E-state index is 12.1. The number of hydrogen-bond acceptors (Lipinski definition) is 6. The molecule has 0 N–H and O–H groups in total. The molecular weight excluding hydrogens is 350 g/mol. The van der Waals surface area contributed by atoms with Crippen molar-refractivity contribution in [2.45, 2.75) is 25.9 Å². The van der Waals surface area contributed by atoms with Gasteiger partial charge in [0, 0.05) is 34.7 Å². The standard InChI is InChI=1S/C20H17NO6/c1-25-18-8-5-13(21(23)24)9-12(18)11-26-14-6-7-16-15-3-2-4-17(15)20(22)27-19(16)10-14/h5-10H,2-4,11H2,1H3. The van der Waals surface area contributed by atoms with E-state index in [1.807, 2.05) is 12.1 Å². The molecule has 2 aromatic carbocycles. The summed E-state index contributed by atoms with van der Waals surface area (Å²) in [6.07, 6.45) is 2.60. The van der Waals surface area contributed by atoms with E-state index in [2.05, 4.69) is 0 Å². The second-order valence-corrected chi connectivity index (χ2v) is 6.40. The first kappa shape index (κ1) is 17.1. The molecule has 0 saturated carbocycles. The van der Waals surface area contributed by atoms with Crippen LogP contribution in [0.5, 0.6) is 11.5 Å². The first-order chi connectivity index (χ1) is 13.1. The van der Waals surface area contributed by atoms with Gasteiger partial charge in [0.15, 0.2) is 0 Å². The molecule has 7 nitrogen and oxygen atoms in total. The molecule has 27 heavy (non-hydrogen) atoms. The minimum Gasteiger partial charge on any atom is -0.496 e. The molecule has 138 valence electrons. The Morgan fingerprint density at radius 2 is 1.96 bits per heavy atom. The van der Waals surface area contributed by atoms with E-state index in [0.29, 0.717) is 22.6 Å². The lowest BCUT2D eigenvalue weighted by molar-refractivity contribution is -0.385. The van der Waals surface area contributed by atoms with Gasteiger partial charge in [-0.25, -0.2) is 4.79 Å². The molecule has 0 radical (unpaired) electrons. The summed E-state index contributed by atoms with van der Waals surface area (Å²) in [6, 6.07) is 9.73. The topological polar surface area (TPSA) is 91.8 Å². The molecule has 0 amide bonds. The zero-order chi connectivity index (χ0) is 19.0. The summed E-state index contributed by atoms with van der Waals surface area (Å²) in [5, 5.41) is 11.9. The van der Waals surface area contributed by atoms with Gasteiger partial charge in [-0.1, -0.05) is 0 Å². The highest BCUT2D eigenvalue weighted by molar-refractivity contribution is 5.83. The van der Waals surface area contributed by atoms with Gasteiger partial charge in [-0.15, -0.1) is 0 Å². The average molecular weight is 367 g/mol. The second kappa shape index (κ2) is 6.75. The number of fused-ring (bicyclic) bond motifs is 3. The average Bonchev–Trinajstić information content (AvgIpc) is 3.16. The summed E-state index contributed by atoms with van der Waals surface area (Å²) >= 11 is 0. The quantitative estimate of drug-likeness (QED) is 0.387. The van der Waals surface area contributed by atoms with E-state index in [0.717, 1.165) is 35.8 Å². The van der Waals surface area contributed by atoms with Crippen molar-refractivity contribution in [3.63, 3.8) is 0 Å². The maximum atomic E-state index is 12.1. The highest BCUT2D eigenvalue weighted by Crippen LogP contribution is 2.31. The van der Waals surface area contributed by atoms with Crippen LogP contribution < -0.4 is 15.1 Å².